The summed E-state index contributed by atoms with van der Waals surface area (Å²) in [6.07, 6.45) is 5.02. The molecule has 0 heterocycles. The predicted molar refractivity (Wildman–Crippen MR) is 138 cm³/mol. The Hall–Kier alpha value is -2.10. The Morgan fingerprint density at radius 1 is 1.12 bits per heavy atom. The molecule has 1 aliphatic carbocycles. The highest BCUT2D eigenvalue weighted by Crippen LogP contribution is 2.27. The molecule has 2 aromatic rings. The third-order valence-corrected chi connectivity index (χ3v) is 7.91. The number of hydrogen-bond donors (Lipinski definition) is 1. The Morgan fingerprint density at radius 2 is 1.74 bits per heavy atom. The number of anilines is 1. The van der Waals surface area contributed by atoms with E-state index >= 15 is 0 Å². The van der Waals surface area contributed by atoms with Gasteiger partial charge in [0.25, 0.3) is 0 Å². The molecule has 0 bridgehead atoms. The van der Waals surface area contributed by atoms with Gasteiger partial charge in [0.2, 0.25) is 21.8 Å². The molecule has 0 unspecified atom stereocenters. The Labute approximate surface area is 214 Å². The van der Waals surface area contributed by atoms with Crippen molar-refractivity contribution in [1.82, 2.24) is 10.2 Å². The largest absolute Gasteiger partial charge is 0.352 e. The third-order valence-electron chi connectivity index (χ3n) is 5.94. The summed E-state index contributed by atoms with van der Waals surface area (Å²) in [5.74, 6) is -0.747. The lowest BCUT2D eigenvalue weighted by Gasteiger charge is -2.32. The summed E-state index contributed by atoms with van der Waals surface area (Å²) in [7, 11) is -3.82. The lowest BCUT2D eigenvalue weighted by Crippen LogP contribution is -2.52. The molecule has 0 spiro atoms. The van der Waals surface area contributed by atoms with Crippen LogP contribution in [0.1, 0.15) is 38.2 Å². The van der Waals surface area contributed by atoms with E-state index in [1.807, 2.05) is 24.3 Å². The second-order valence-electron chi connectivity index (χ2n) is 8.54. The summed E-state index contributed by atoms with van der Waals surface area (Å²) in [6, 6.07) is 13.2. The van der Waals surface area contributed by atoms with Gasteiger partial charge in [-0.1, -0.05) is 64.6 Å². The van der Waals surface area contributed by atoms with Crippen LogP contribution in [-0.2, 0) is 26.2 Å². The zero-order valence-electron chi connectivity index (χ0n) is 19.2. The van der Waals surface area contributed by atoms with Crippen LogP contribution in [-0.4, -0.2) is 50.0 Å². The Bertz CT molecular complexity index is 1120. The molecule has 1 saturated carbocycles. The third kappa shape index (κ3) is 6.96. The first-order valence-corrected chi connectivity index (χ1v) is 14.1. The summed E-state index contributed by atoms with van der Waals surface area (Å²) in [5, 5.41) is 3.25. The van der Waals surface area contributed by atoms with Crippen molar-refractivity contribution >= 4 is 55.1 Å². The number of hydrogen-bond acceptors (Lipinski definition) is 4. The first-order chi connectivity index (χ1) is 16.1. The highest BCUT2D eigenvalue weighted by molar-refractivity contribution is 9.10. The fourth-order valence-corrected chi connectivity index (χ4v) is 5.42. The van der Waals surface area contributed by atoms with Crippen molar-refractivity contribution in [3.8, 4) is 0 Å². The van der Waals surface area contributed by atoms with Crippen molar-refractivity contribution in [1.29, 1.82) is 0 Å². The highest BCUT2D eigenvalue weighted by atomic mass is 79.9. The van der Waals surface area contributed by atoms with E-state index in [1.54, 1.807) is 31.2 Å². The zero-order chi connectivity index (χ0) is 24.9. The second-order valence-corrected chi connectivity index (χ2v) is 11.8. The molecule has 0 aliphatic heterocycles. The van der Waals surface area contributed by atoms with Gasteiger partial charge in [0.15, 0.2) is 0 Å². The van der Waals surface area contributed by atoms with E-state index in [1.165, 1.54) is 4.90 Å². The fourth-order valence-electron chi connectivity index (χ4n) is 4.01. The van der Waals surface area contributed by atoms with Gasteiger partial charge in [-0.15, -0.1) is 0 Å². The van der Waals surface area contributed by atoms with Crippen LogP contribution in [0.4, 0.5) is 5.69 Å². The number of nitrogens with one attached hydrogen (secondary N) is 1. The maximum atomic E-state index is 13.5. The van der Waals surface area contributed by atoms with E-state index in [9.17, 15) is 18.0 Å². The van der Waals surface area contributed by atoms with Crippen LogP contribution in [0.5, 0.6) is 0 Å². The zero-order valence-corrected chi connectivity index (χ0v) is 22.4. The molecule has 3 rings (SSSR count). The van der Waals surface area contributed by atoms with Crippen molar-refractivity contribution in [2.45, 2.75) is 51.2 Å². The predicted octanol–water partition coefficient (Wildman–Crippen LogP) is 4.34. The number of sulfonamides is 1. The molecule has 2 amide bonds. The van der Waals surface area contributed by atoms with Crippen LogP contribution in [0.2, 0.25) is 5.02 Å². The van der Waals surface area contributed by atoms with Gasteiger partial charge in [0, 0.05) is 17.1 Å². The maximum Gasteiger partial charge on any atom is 0.244 e. The SMILES string of the molecule is C[C@@H](C(=O)NC1CCCC1)N(Cc1ccc(Br)cc1)C(=O)CN(c1ccccc1Cl)S(C)(=O)=O. The van der Waals surface area contributed by atoms with Gasteiger partial charge in [0.05, 0.1) is 17.0 Å². The fraction of sp³-hybridized carbons (Fsp3) is 0.417. The standard InChI is InChI=1S/C24H29BrClN3O4S/c1-17(24(31)27-20-7-3-4-8-20)28(15-18-11-13-19(25)14-12-18)23(30)16-29(34(2,32)33)22-10-6-5-9-21(22)26/h5-6,9-14,17,20H,3-4,7-8,15-16H2,1-2H3,(H,27,31)/t17-/m0/s1. The number of rotatable bonds is 9. The summed E-state index contributed by atoms with van der Waals surface area (Å²) >= 11 is 9.64. The van der Waals surface area contributed by atoms with Crippen molar-refractivity contribution < 1.29 is 18.0 Å². The van der Waals surface area contributed by atoms with E-state index in [0.717, 1.165) is 46.3 Å². The van der Waals surface area contributed by atoms with Crippen LogP contribution in [0.25, 0.3) is 0 Å². The first kappa shape index (κ1) is 26.5. The lowest BCUT2D eigenvalue weighted by atomic mass is 10.1. The lowest BCUT2D eigenvalue weighted by molar-refractivity contribution is -0.139. The van der Waals surface area contributed by atoms with E-state index in [2.05, 4.69) is 21.2 Å². The average Bonchev–Trinajstić information content (AvgIpc) is 3.29. The molecule has 34 heavy (non-hydrogen) atoms. The molecule has 10 heteroatoms. The molecular weight excluding hydrogens is 542 g/mol. The molecule has 184 valence electrons. The smallest absolute Gasteiger partial charge is 0.244 e. The normalized spacial score (nSPS) is 15.1. The Balaban J connectivity index is 1.88. The number of carbonyl (C=O) groups excluding carboxylic acids is 2. The minimum Gasteiger partial charge on any atom is -0.352 e. The number of nitrogens with zero attached hydrogens (tertiary/aromatic N) is 2. The average molecular weight is 571 g/mol. The molecular formula is C24H29BrClN3O4S. The van der Waals surface area contributed by atoms with Crippen LogP contribution in [0, 0.1) is 0 Å². The van der Waals surface area contributed by atoms with Crippen LogP contribution >= 0.6 is 27.5 Å². The van der Waals surface area contributed by atoms with Crippen molar-refractivity contribution in [3.63, 3.8) is 0 Å². The van der Waals surface area contributed by atoms with E-state index < -0.39 is 28.5 Å². The Kier molecular flexibility index (Phi) is 9.01. The van der Waals surface area contributed by atoms with Crippen LogP contribution in [0.15, 0.2) is 53.0 Å². The number of benzene rings is 2. The Morgan fingerprint density at radius 3 is 2.32 bits per heavy atom. The van der Waals surface area contributed by atoms with Crippen molar-refractivity contribution in [2.75, 3.05) is 17.1 Å². The van der Waals surface area contributed by atoms with Gasteiger partial charge >= 0.3 is 0 Å². The van der Waals surface area contributed by atoms with Gasteiger partial charge in [-0.3, -0.25) is 13.9 Å². The molecule has 0 radical (unpaired) electrons. The van der Waals surface area contributed by atoms with Gasteiger partial charge in [0.1, 0.15) is 12.6 Å². The number of carbonyl (C=O) groups is 2. The molecule has 7 nitrogen and oxygen atoms in total. The summed E-state index contributed by atoms with van der Waals surface area (Å²) < 4.78 is 27.0. The molecule has 2 aromatic carbocycles. The number of para-hydroxylation sites is 1. The van der Waals surface area contributed by atoms with Crippen LogP contribution < -0.4 is 9.62 Å². The number of amides is 2. The number of halogens is 2. The second kappa shape index (κ2) is 11.6. The minimum absolute atomic E-state index is 0.107. The monoisotopic (exact) mass is 569 g/mol. The molecule has 0 saturated heterocycles. The molecule has 1 N–H and O–H groups in total. The van der Waals surface area contributed by atoms with E-state index in [4.69, 9.17) is 11.6 Å². The summed E-state index contributed by atoms with van der Waals surface area (Å²) in [6.45, 7) is 1.35. The molecule has 1 atom stereocenters. The van der Waals surface area contributed by atoms with Gasteiger partial charge in [-0.25, -0.2) is 8.42 Å². The molecule has 0 aromatic heterocycles. The first-order valence-electron chi connectivity index (χ1n) is 11.1. The van der Waals surface area contributed by atoms with E-state index in [0.29, 0.717) is 0 Å². The van der Waals surface area contributed by atoms with E-state index in [-0.39, 0.29) is 29.2 Å². The van der Waals surface area contributed by atoms with Crippen molar-refractivity contribution in [2.24, 2.45) is 0 Å². The maximum absolute atomic E-state index is 13.5. The quantitative estimate of drug-likeness (QED) is 0.486. The topological polar surface area (TPSA) is 86.8 Å². The van der Waals surface area contributed by atoms with Gasteiger partial charge in [-0.05, 0) is 49.6 Å². The summed E-state index contributed by atoms with van der Waals surface area (Å²) in [4.78, 5) is 28.0. The van der Waals surface area contributed by atoms with Gasteiger partial charge in [-0.2, -0.15) is 0 Å². The minimum atomic E-state index is -3.82. The van der Waals surface area contributed by atoms with Gasteiger partial charge < -0.3 is 10.2 Å². The molecule has 1 fully saturated rings. The van der Waals surface area contributed by atoms with Crippen molar-refractivity contribution in [3.05, 3.63) is 63.6 Å². The van der Waals surface area contributed by atoms with Crippen LogP contribution in [0.3, 0.4) is 0 Å². The molecule has 1 aliphatic rings. The summed E-state index contributed by atoms with van der Waals surface area (Å²) in [5.41, 5.74) is 1.03. The highest BCUT2D eigenvalue weighted by Gasteiger charge is 2.31.